The van der Waals surface area contributed by atoms with Crippen LogP contribution in [0.2, 0.25) is 0 Å². The first-order valence-corrected chi connectivity index (χ1v) is 9.85. The minimum Gasteiger partial charge on any atom is -0.459 e. The number of furan rings is 1. The predicted octanol–water partition coefficient (Wildman–Crippen LogP) is 4.00. The van der Waals surface area contributed by atoms with Crippen LogP contribution in [0.4, 0.5) is 5.69 Å². The molecule has 0 radical (unpaired) electrons. The van der Waals surface area contributed by atoms with Gasteiger partial charge in [0, 0.05) is 10.2 Å². The van der Waals surface area contributed by atoms with Crippen molar-refractivity contribution in [3.8, 4) is 0 Å². The van der Waals surface area contributed by atoms with Crippen LogP contribution >= 0.6 is 15.9 Å². The molecule has 1 unspecified atom stereocenters. The van der Waals surface area contributed by atoms with Gasteiger partial charge in [-0.25, -0.2) is 4.79 Å². The highest BCUT2D eigenvalue weighted by molar-refractivity contribution is 9.10. The summed E-state index contributed by atoms with van der Waals surface area (Å²) in [5, 5.41) is 5.25. The fraction of sp³-hybridized carbons (Fsp3) is 0.136. The number of carbonyl (C=O) groups is 3. The third-order valence-corrected chi connectivity index (χ3v) is 5.07. The van der Waals surface area contributed by atoms with Crippen LogP contribution in [0.1, 0.15) is 27.7 Å². The number of hydrogen-bond donors (Lipinski definition) is 2. The number of ether oxygens (including phenoxy) is 1. The molecule has 1 aromatic heterocycles. The third kappa shape index (κ3) is 5.57. The molecule has 8 heteroatoms. The Morgan fingerprint density at radius 2 is 1.83 bits per heavy atom. The second-order valence-corrected chi connectivity index (χ2v) is 7.27. The average molecular weight is 471 g/mol. The molecule has 0 spiro atoms. The van der Waals surface area contributed by atoms with Crippen LogP contribution in [0.25, 0.3) is 0 Å². The summed E-state index contributed by atoms with van der Waals surface area (Å²) in [6.07, 6.45) is 1.36. The van der Waals surface area contributed by atoms with Gasteiger partial charge in [-0.2, -0.15) is 0 Å². The van der Waals surface area contributed by atoms with Crippen LogP contribution in [0.15, 0.2) is 75.8 Å². The highest BCUT2D eigenvalue weighted by atomic mass is 79.9. The molecule has 0 aliphatic heterocycles. The van der Waals surface area contributed by atoms with Crippen molar-refractivity contribution in [3.05, 3.63) is 88.3 Å². The molecule has 0 bridgehead atoms. The summed E-state index contributed by atoms with van der Waals surface area (Å²) in [5.74, 6) is -1.76. The smallest absolute Gasteiger partial charge is 0.333 e. The standard InChI is InChI=1S/C22H19BrN2O5/c1-14-12-16(9-10-17(14)23)24-19(26)13-30-22(28)20(15-6-3-2-4-7-15)25-21(27)18-8-5-11-29-18/h2-12,20H,13H2,1H3,(H,24,26)(H,25,27). The number of aryl methyl sites for hydroxylation is 1. The zero-order valence-corrected chi connectivity index (χ0v) is 17.6. The number of rotatable bonds is 7. The molecule has 0 aliphatic rings. The maximum absolute atomic E-state index is 12.7. The van der Waals surface area contributed by atoms with Gasteiger partial charge < -0.3 is 19.8 Å². The summed E-state index contributed by atoms with van der Waals surface area (Å²) in [5.41, 5.74) is 2.06. The first-order valence-electron chi connectivity index (χ1n) is 9.06. The molecule has 2 aromatic carbocycles. The Hall–Kier alpha value is -3.39. The zero-order chi connectivity index (χ0) is 21.5. The van der Waals surface area contributed by atoms with E-state index < -0.39 is 30.4 Å². The topological polar surface area (TPSA) is 97.6 Å². The van der Waals surface area contributed by atoms with Crippen molar-refractivity contribution in [3.63, 3.8) is 0 Å². The summed E-state index contributed by atoms with van der Waals surface area (Å²) >= 11 is 3.39. The van der Waals surface area contributed by atoms with Gasteiger partial charge in [0.05, 0.1) is 6.26 Å². The summed E-state index contributed by atoms with van der Waals surface area (Å²) in [7, 11) is 0. The van der Waals surface area contributed by atoms with Gasteiger partial charge in [-0.3, -0.25) is 9.59 Å². The highest BCUT2D eigenvalue weighted by Gasteiger charge is 2.26. The maximum Gasteiger partial charge on any atom is 0.333 e. The molecule has 1 heterocycles. The first kappa shape index (κ1) is 21.3. The van der Waals surface area contributed by atoms with Gasteiger partial charge in [0.25, 0.3) is 11.8 Å². The summed E-state index contributed by atoms with van der Waals surface area (Å²) in [6.45, 7) is 1.40. The van der Waals surface area contributed by atoms with E-state index in [0.29, 0.717) is 11.3 Å². The summed E-state index contributed by atoms with van der Waals surface area (Å²) < 4.78 is 11.1. The maximum atomic E-state index is 12.7. The number of nitrogens with one attached hydrogen (secondary N) is 2. The lowest BCUT2D eigenvalue weighted by molar-refractivity contribution is -0.149. The van der Waals surface area contributed by atoms with Crippen molar-refractivity contribution < 1.29 is 23.5 Å². The van der Waals surface area contributed by atoms with Crippen LogP contribution in [0.3, 0.4) is 0 Å². The van der Waals surface area contributed by atoms with Crippen molar-refractivity contribution in [2.24, 2.45) is 0 Å². The van der Waals surface area contributed by atoms with E-state index >= 15 is 0 Å². The zero-order valence-electron chi connectivity index (χ0n) is 16.1. The number of carbonyl (C=O) groups excluding carboxylic acids is 3. The Kier molecular flexibility index (Phi) is 7.03. The third-order valence-electron chi connectivity index (χ3n) is 4.18. The van der Waals surface area contributed by atoms with Crippen molar-refractivity contribution >= 4 is 39.4 Å². The fourth-order valence-electron chi connectivity index (χ4n) is 2.67. The molecule has 2 amide bonds. The molecule has 7 nitrogen and oxygen atoms in total. The number of benzene rings is 2. The Balaban J connectivity index is 1.64. The minimum absolute atomic E-state index is 0.0621. The van der Waals surface area contributed by atoms with E-state index in [1.807, 2.05) is 13.0 Å². The van der Waals surface area contributed by atoms with Crippen LogP contribution in [-0.2, 0) is 14.3 Å². The van der Waals surface area contributed by atoms with Crippen LogP contribution < -0.4 is 10.6 Å². The molecule has 30 heavy (non-hydrogen) atoms. The van der Waals surface area contributed by atoms with E-state index in [1.54, 1.807) is 48.5 Å². The minimum atomic E-state index is -1.09. The number of esters is 1. The Morgan fingerprint density at radius 1 is 1.07 bits per heavy atom. The molecular weight excluding hydrogens is 452 g/mol. The molecule has 0 saturated carbocycles. The number of amides is 2. The van der Waals surface area contributed by atoms with Crippen molar-refractivity contribution in [2.45, 2.75) is 13.0 Å². The van der Waals surface area contributed by atoms with E-state index in [2.05, 4.69) is 26.6 Å². The quantitative estimate of drug-likeness (QED) is 0.508. The molecule has 1 atom stereocenters. The molecule has 0 fully saturated rings. The van der Waals surface area contributed by atoms with E-state index in [9.17, 15) is 14.4 Å². The van der Waals surface area contributed by atoms with Crippen LogP contribution in [0.5, 0.6) is 0 Å². The SMILES string of the molecule is Cc1cc(NC(=O)COC(=O)C(NC(=O)c2ccco2)c2ccccc2)ccc1Br. The lowest BCUT2D eigenvalue weighted by Crippen LogP contribution is -2.36. The van der Waals surface area contributed by atoms with Gasteiger partial charge in [0.1, 0.15) is 0 Å². The van der Waals surface area contributed by atoms with Gasteiger partial charge >= 0.3 is 5.97 Å². The van der Waals surface area contributed by atoms with Crippen molar-refractivity contribution in [2.75, 3.05) is 11.9 Å². The average Bonchev–Trinajstić information content (AvgIpc) is 3.28. The summed E-state index contributed by atoms with van der Waals surface area (Å²) in [6, 6.07) is 15.9. The number of halogens is 1. The summed E-state index contributed by atoms with van der Waals surface area (Å²) in [4.78, 5) is 37.2. The molecular formula is C22H19BrN2O5. The normalized spacial score (nSPS) is 11.4. The lowest BCUT2D eigenvalue weighted by Gasteiger charge is -2.17. The van der Waals surface area contributed by atoms with Gasteiger partial charge in [0.15, 0.2) is 18.4 Å². The monoisotopic (exact) mass is 470 g/mol. The predicted molar refractivity (Wildman–Crippen MR) is 114 cm³/mol. The molecule has 2 N–H and O–H groups in total. The van der Waals surface area contributed by atoms with Crippen molar-refractivity contribution in [1.29, 1.82) is 0 Å². The molecule has 3 rings (SSSR count). The van der Waals surface area contributed by atoms with Gasteiger partial charge in [-0.1, -0.05) is 46.3 Å². The second-order valence-electron chi connectivity index (χ2n) is 6.41. The number of hydrogen-bond acceptors (Lipinski definition) is 5. The Morgan fingerprint density at radius 3 is 2.50 bits per heavy atom. The Bertz CT molecular complexity index is 1030. The fourth-order valence-corrected chi connectivity index (χ4v) is 2.92. The first-order chi connectivity index (χ1) is 14.4. The van der Waals surface area contributed by atoms with Gasteiger partial charge in [0.2, 0.25) is 0 Å². The molecule has 154 valence electrons. The van der Waals surface area contributed by atoms with E-state index in [1.165, 1.54) is 12.3 Å². The second kappa shape index (κ2) is 9.89. The molecule has 3 aromatic rings. The van der Waals surface area contributed by atoms with Crippen LogP contribution in [0, 0.1) is 6.92 Å². The van der Waals surface area contributed by atoms with Crippen LogP contribution in [-0.4, -0.2) is 24.4 Å². The Labute approximate surface area is 181 Å². The van der Waals surface area contributed by atoms with Gasteiger partial charge in [-0.15, -0.1) is 0 Å². The van der Waals surface area contributed by atoms with E-state index in [4.69, 9.17) is 9.15 Å². The largest absolute Gasteiger partial charge is 0.459 e. The molecule has 0 saturated heterocycles. The molecule has 0 aliphatic carbocycles. The lowest BCUT2D eigenvalue weighted by atomic mass is 10.1. The van der Waals surface area contributed by atoms with E-state index in [0.717, 1.165) is 10.0 Å². The van der Waals surface area contributed by atoms with Crippen molar-refractivity contribution in [1.82, 2.24) is 5.32 Å². The van der Waals surface area contributed by atoms with E-state index in [-0.39, 0.29) is 5.76 Å². The highest BCUT2D eigenvalue weighted by Crippen LogP contribution is 2.20. The number of anilines is 1. The van der Waals surface area contributed by atoms with Gasteiger partial charge in [-0.05, 0) is 48.4 Å².